The highest BCUT2D eigenvalue weighted by Gasteiger charge is 2.45. The van der Waals surface area contributed by atoms with Gasteiger partial charge in [0, 0.05) is 44.3 Å². The molecule has 6 rings (SSSR count). The predicted molar refractivity (Wildman–Crippen MR) is 253 cm³/mol. The number of hydrogen-bond acceptors (Lipinski definition) is 14. The van der Waals surface area contributed by atoms with Crippen LogP contribution >= 0.6 is 0 Å². The molecule has 2 heterocycles. The molecule has 1 unspecified atom stereocenters. The third kappa shape index (κ3) is 15.4. The van der Waals surface area contributed by atoms with Crippen molar-refractivity contribution in [3.63, 3.8) is 0 Å². The van der Waals surface area contributed by atoms with Gasteiger partial charge >= 0.3 is 23.9 Å². The number of benzene rings is 4. The second-order valence-electron chi connectivity index (χ2n) is 17.0. The fourth-order valence-electron chi connectivity index (χ4n) is 9.08. The third-order valence-corrected chi connectivity index (χ3v) is 12.6. The van der Waals surface area contributed by atoms with Crippen molar-refractivity contribution in [3.8, 4) is 0 Å². The molecule has 0 aliphatic carbocycles. The Balaban J connectivity index is 0.000000255. The van der Waals surface area contributed by atoms with Crippen LogP contribution in [0.2, 0.25) is 0 Å². The number of aliphatic hydroxyl groups excluding tert-OH is 4. The number of carbonyl (C=O) groups excluding carboxylic acids is 4. The zero-order chi connectivity index (χ0) is 48.8. The van der Waals surface area contributed by atoms with Crippen molar-refractivity contribution in [3.05, 3.63) is 156 Å². The molecule has 14 heteroatoms. The zero-order valence-electron chi connectivity index (χ0n) is 38.8. The average molecular weight is 939 g/mol. The van der Waals surface area contributed by atoms with Crippen LogP contribution in [-0.2, 0) is 28.4 Å². The topological polar surface area (TPSA) is 205 Å². The van der Waals surface area contributed by atoms with Gasteiger partial charge in [-0.3, -0.25) is 0 Å². The molecule has 11 atom stereocenters. The number of esters is 4. The SMILES string of the molecule is C=CC[C@@H]1O[C@H](C[C@@H](COC(=O)c2ccccc2)OC(=O)c2ccccc2)[C@H](CO)[C@H]1CC.CC[C@@H]1[C@@H](CO)[C@@H](C[C@@H](COC(=O)c2ccccc2)OC(=O)c2ccccc2)O[C@H]1CC(O)CO. The summed E-state index contributed by atoms with van der Waals surface area (Å²) >= 11 is 0. The van der Waals surface area contributed by atoms with E-state index in [1.807, 2.05) is 25.1 Å². The average Bonchev–Trinajstić information content (AvgIpc) is 3.90. The van der Waals surface area contributed by atoms with Crippen molar-refractivity contribution in [2.24, 2.45) is 23.7 Å². The number of aliphatic hydroxyl groups is 4. The molecule has 4 N–H and O–H groups in total. The van der Waals surface area contributed by atoms with Gasteiger partial charge < -0.3 is 48.8 Å². The molecule has 0 amide bonds. The lowest BCUT2D eigenvalue weighted by atomic mass is 9.82. The second-order valence-corrected chi connectivity index (χ2v) is 17.0. The van der Waals surface area contributed by atoms with Gasteiger partial charge in [-0.1, -0.05) is 106 Å². The van der Waals surface area contributed by atoms with Crippen LogP contribution in [0.15, 0.2) is 134 Å². The Hall–Kier alpha value is -5.74. The fourth-order valence-corrected chi connectivity index (χ4v) is 9.08. The van der Waals surface area contributed by atoms with Crippen molar-refractivity contribution in [1.82, 2.24) is 0 Å². The summed E-state index contributed by atoms with van der Waals surface area (Å²) in [5.74, 6) is -2.28. The standard InChI is InChI=1S/C27H34O8.C27H32O6/c1-2-22-23(16-29)25(35-24(22)13-20(30)15-28)14-21(34-27(32)19-11-7-4-8-12-19)17-33-26(31)18-9-5-3-6-10-18;1-3-11-24-22(4-2)23(17-28)25(33-24)16-21(32-27(30)20-14-9-6-10-15-20)18-31-26(29)19-12-7-5-8-13-19/h3-12,20-25,28-30H,2,13-17H2,1H3;3,5-10,12-15,21-25,28H,1,4,11,16-18H2,2H3/t20?,21-,22+,23+,24-,25+;21-,22+,23+,24-,25+/m00/s1. The third-order valence-electron chi connectivity index (χ3n) is 12.6. The maximum atomic E-state index is 12.8. The van der Waals surface area contributed by atoms with Gasteiger partial charge in [0.25, 0.3) is 0 Å². The number of hydrogen-bond donors (Lipinski definition) is 4. The minimum atomic E-state index is -0.925. The van der Waals surface area contributed by atoms with Crippen molar-refractivity contribution in [1.29, 1.82) is 0 Å². The van der Waals surface area contributed by atoms with Crippen LogP contribution in [0.5, 0.6) is 0 Å². The van der Waals surface area contributed by atoms with E-state index < -0.39 is 48.3 Å². The van der Waals surface area contributed by atoms with Crippen molar-refractivity contribution >= 4 is 23.9 Å². The second kappa shape index (κ2) is 27.9. The van der Waals surface area contributed by atoms with Crippen molar-refractivity contribution in [2.75, 3.05) is 33.0 Å². The van der Waals surface area contributed by atoms with E-state index >= 15 is 0 Å². The van der Waals surface area contributed by atoms with Crippen molar-refractivity contribution < 1.29 is 68.0 Å². The van der Waals surface area contributed by atoms with Crippen LogP contribution in [0.1, 0.15) is 93.8 Å². The number of carbonyl (C=O) groups is 4. The van der Waals surface area contributed by atoms with Gasteiger partial charge in [-0.05, 0) is 66.8 Å². The number of ether oxygens (including phenoxy) is 6. The smallest absolute Gasteiger partial charge is 0.338 e. The molecule has 14 nitrogen and oxygen atoms in total. The van der Waals surface area contributed by atoms with Gasteiger partial charge in [0.15, 0.2) is 0 Å². The highest BCUT2D eigenvalue weighted by atomic mass is 16.6. The largest absolute Gasteiger partial charge is 0.458 e. The van der Waals surface area contributed by atoms with E-state index in [4.69, 9.17) is 28.4 Å². The fraction of sp³-hybridized carbons (Fsp3) is 0.444. The van der Waals surface area contributed by atoms with Crippen LogP contribution in [0.3, 0.4) is 0 Å². The van der Waals surface area contributed by atoms with Crippen LogP contribution < -0.4 is 0 Å². The summed E-state index contributed by atoms with van der Waals surface area (Å²) in [6.07, 6.45) is 1.15. The van der Waals surface area contributed by atoms with Gasteiger partial charge in [-0.2, -0.15) is 0 Å². The van der Waals surface area contributed by atoms with E-state index in [0.717, 1.165) is 6.42 Å². The summed E-state index contributed by atoms with van der Waals surface area (Å²) in [5, 5.41) is 39.4. The molecule has 2 aliphatic rings. The van der Waals surface area contributed by atoms with Gasteiger partial charge in [0.05, 0.1) is 59.4 Å². The summed E-state index contributed by atoms with van der Waals surface area (Å²) in [5.41, 5.74) is 1.59. The first-order chi connectivity index (χ1) is 33.0. The van der Waals surface area contributed by atoms with Crippen LogP contribution in [0, 0.1) is 23.7 Å². The van der Waals surface area contributed by atoms with Crippen LogP contribution in [0.4, 0.5) is 0 Å². The van der Waals surface area contributed by atoms with Crippen LogP contribution in [-0.4, -0.2) is 120 Å². The highest BCUT2D eigenvalue weighted by Crippen LogP contribution is 2.40. The zero-order valence-corrected chi connectivity index (χ0v) is 38.8. The normalized spacial score (nSPS) is 23.2. The Bertz CT molecular complexity index is 2120. The summed E-state index contributed by atoms with van der Waals surface area (Å²) in [4.78, 5) is 50.4. The Morgan fingerprint density at radius 3 is 1.21 bits per heavy atom. The number of rotatable bonds is 23. The molecule has 0 aromatic heterocycles. The lowest BCUT2D eigenvalue weighted by Gasteiger charge is -2.25. The van der Waals surface area contributed by atoms with E-state index in [2.05, 4.69) is 13.5 Å². The molecule has 2 fully saturated rings. The summed E-state index contributed by atoms with van der Waals surface area (Å²) in [6.45, 7) is 7.04. The molecule has 2 saturated heterocycles. The lowest BCUT2D eigenvalue weighted by molar-refractivity contribution is -0.0487. The minimum Gasteiger partial charge on any atom is -0.458 e. The first-order valence-corrected chi connectivity index (χ1v) is 23.4. The Kier molecular flexibility index (Phi) is 21.9. The molecular weight excluding hydrogens is 873 g/mol. The molecule has 68 heavy (non-hydrogen) atoms. The Morgan fingerprint density at radius 2 is 0.868 bits per heavy atom. The summed E-state index contributed by atoms with van der Waals surface area (Å²) < 4.78 is 34.8. The predicted octanol–water partition coefficient (Wildman–Crippen LogP) is 7.04. The molecule has 0 radical (unpaired) electrons. The molecule has 0 saturated carbocycles. The van der Waals surface area contributed by atoms with E-state index in [-0.39, 0.29) is 87.9 Å². The van der Waals surface area contributed by atoms with E-state index in [1.54, 1.807) is 109 Å². The monoisotopic (exact) mass is 938 g/mol. The van der Waals surface area contributed by atoms with E-state index in [0.29, 0.717) is 41.5 Å². The molecule has 2 aliphatic heterocycles. The molecule has 4 aromatic carbocycles. The Morgan fingerprint density at radius 1 is 0.529 bits per heavy atom. The maximum absolute atomic E-state index is 12.8. The van der Waals surface area contributed by atoms with E-state index in [1.165, 1.54) is 0 Å². The van der Waals surface area contributed by atoms with Crippen molar-refractivity contribution in [2.45, 2.75) is 95.1 Å². The van der Waals surface area contributed by atoms with Crippen LogP contribution in [0.25, 0.3) is 0 Å². The first kappa shape index (κ1) is 53.2. The van der Waals surface area contributed by atoms with Gasteiger partial charge in [0.2, 0.25) is 0 Å². The van der Waals surface area contributed by atoms with Gasteiger partial charge in [-0.25, -0.2) is 19.2 Å². The molecule has 4 aromatic rings. The first-order valence-electron chi connectivity index (χ1n) is 23.4. The molecule has 0 bridgehead atoms. The van der Waals surface area contributed by atoms with E-state index in [9.17, 15) is 39.6 Å². The Labute approximate surface area is 398 Å². The van der Waals surface area contributed by atoms with Gasteiger partial charge in [-0.15, -0.1) is 6.58 Å². The highest BCUT2D eigenvalue weighted by molar-refractivity contribution is 5.91. The lowest BCUT2D eigenvalue weighted by Crippen LogP contribution is -2.33. The quantitative estimate of drug-likeness (QED) is 0.0335. The molecule has 0 spiro atoms. The molecule has 366 valence electrons. The summed E-state index contributed by atoms with van der Waals surface area (Å²) in [7, 11) is 0. The minimum absolute atomic E-state index is 0.0278. The molecular formula is C54H66O14. The summed E-state index contributed by atoms with van der Waals surface area (Å²) in [6, 6.07) is 34.4. The maximum Gasteiger partial charge on any atom is 0.338 e. The van der Waals surface area contributed by atoms with Gasteiger partial charge in [0.1, 0.15) is 25.4 Å².